The van der Waals surface area contributed by atoms with Gasteiger partial charge < -0.3 is 5.73 Å². The van der Waals surface area contributed by atoms with Crippen molar-refractivity contribution in [2.75, 3.05) is 6.54 Å². The second kappa shape index (κ2) is 5.38. The van der Waals surface area contributed by atoms with Crippen LogP contribution < -0.4 is 10.5 Å². The number of nitrogens with one attached hydrogen (secondary N) is 1. The minimum Gasteiger partial charge on any atom is -0.329 e. The molecular formula is C9H12FN3O4S. The van der Waals surface area contributed by atoms with Gasteiger partial charge in [0.25, 0.3) is 15.7 Å². The second-order valence-electron chi connectivity index (χ2n) is 3.60. The molecule has 0 unspecified atom stereocenters. The van der Waals surface area contributed by atoms with Crippen molar-refractivity contribution in [1.29, 1.82) is 0 Å². The fraction of sp³-hybridized carbons (Fsp3) is 0.333. The van der Waals surface area contributed by atoms with Gasteiger partial charge in [-0.05, 0) is 13.0 Å². The fourth-order valence-electron chi connectivity index (χ4n) is 1.28. The van der Waals surface area contributed by atoms with E-state index >= 15 is 0 Å². The summed E-state index contributed by atoms with van der Waals surface area (Å²) >= 11 is 0. The molecule has 0 saturated carbocycles. The Morgan fingerprint density at radius 3 is 2.67 bits per heavy atom. The van der Waals surface area contributed by atoms with E-state index in [1.807, 2.05) is 0 Å². The van der Waals surface area contributed by atoms with Crippen LogP contribution in [0.5, 0.6) is 0 Å². The van der Waals surface area contributed by atoms with Gasteiger partial charge >= 0.3 is 0 Å². The SMILES string of the molecule is C[C@H](CN)NS(=O)(=O)c1c(F)cccc1[N+](=O)[O-]. The molecule has 0 aliphatic heterocycles. The molecule has 9 heteroatoms. The van der Waals surface area contributed by atoms with Crippen LogP contribution in [0, 0.1) is 15.9 Å². The number of rotatable bonds is 5. The number of nitrogens with zero attached hydrogens (tertiary/aromatic N) is 1. The molecule has 1 rings (SSSR count). The van der Waals surface area contributed by atoms with E-state index in [4.69, 9.17) is 5.73 Å². The molecule has 0 fully saturated rings. The highest BCUT2D eigenvalue weighted by molar-refractivity contribution is 7.89. The minimum atomic E-state index is -4.32. The van der Waals surface area contributed by atoms with E-state index in [1.54, 1.807) is 0 Å². The number of benzene rings is 1. The van der Waals surface area contributed by atoms with Gasteiger partial charge in [-0.1, -0.05) is 6.07 Å². The zero-order chi connectivity index (χ0) is 13.9. The number of hydrogen-bond donors (Lipinski definition) is 2. The summed E-state index contributed by atoms with van der Waals surface area (Å²) in [6.45, 7) is 1.45. The summed E-state index contributed by atoms with van der Waals surface area (Å²) in [4.78, 5) is 8.77. The molecule has 1 atom stereocenters. The highest BCUT2D eigenvalue weighted by Crippen LogP contribution is 2.26. The third kappa shape index (κ3) is 3.00. The Morgan fingerprint density at radius 2 is 2.17 bits per heavy atom. The predicted octanol–water partition coefficient (Wildman–Crippen LogP) is 0.359. The van der Waals surface area contributed by atoms with Gasteiger partial charge in [0, 0.05) is 18.7 Å². The first-order valence-electron chi connectivity index (χ1n) is 4.95. The zero-order valence-corrected chi connectivity index (χ0v) is 10.3. The Labute approximate surface area is 103 Å². The molecule has 18 heavy (non-hydrogen) atoms. The normalized spacial score (nSPS) is 13.3. The van der Waals surface area contributed by atoms with Crippen molar-refractivity contribution in [1.82, 2.24) is 4.72 Å². The molecule has 3 N–H and O–H groups in total. The maximum Gasteiger partial charge on any atom is 0.292 e. The minimum absolute atomic E-state index is 0.0124. The first-order valence-corrected chi connectivity index (χ1v) is 6.43. The van der Waals surface area contributed by atoms with Crippen molar-refractivity contribution in [3.63, 3.8) is 0 Å². The molecule has 100 valence electrons. The standard InChI is InChI=1S/C9H12FN3O4S/c1-6(5-11)12-18(16,17)9-7(10)3-2-4-8(9)13(14)15/h2-4,6,12H,5,11H2,1H3/t6-/m1/s1. The van der Waals surface area contributed by atoms with Crippen LogP contribution in [0.1, 0.15) is 6.92 Å². The molecular weight excluding hydrogens is 265 g/mol. The number of nitro benzene ring substituents is 1. The van der Waals surface area contributed by atoms with Crippen LogP contribution in [-0.4, -0.2) is 25.9 Å². The summed E-state index contributed by atoms with van der Waals surface area (Å²) in [6.07, 6.45) is 0. The molecule has 1 aromatic rings. The van der Waals surface area contributed by atoms with E-state index in [0.29, 0.717) is 0 Å². The maximum absolute atomic E-state index is 13.5. The lowest BCUT2D eigenvalue weighted by Gasteiger charge is -2.12. The Hall–Kier alpha value is -1.58. The number of hydrogen-bond acceptors (Lipinski definition) is 5. The molecule has 0 aliphatic rings. The van der Waals surface area contributed by atoms with Gasteiger partial charge in [-0.25, -0.2) is 17.5 Å². The van der Waals surface area contributed by atoms with Crippen LogP contribution in [0.25, 0.3) is 0 Å². The van der Waals surface area contributed by atoms with Crippen LogP contribution in [0.15, 0.2) is 23.1 Å². The maximum atomic E-state index is 13.5. The summed E-state index contributed by atoms with van der Waals surface area (Å²) < 4.78 is 39.2. The summed E-state index contributed by atoms with van der Waals surface area (Å²) in [7, 11) is -4.32. The van der Waals surface area contributed by atoms with Gasteiger partial charge in [-0.2, -0.15) is 0 Å². The van der Waals surface area contributed by atoms with E-state index < -0.39 is 37.4 Å². The summed E-state index contributed by atoms with van der Waals surface area (Å²) in [5.74, 6) is -1.18. The fourth-order valence-corrected chi connectivity index (χ4v) is 2.77. The third-order valence-electron chi connectivity index (χ3n) is 2.12. The number of nitrogens with two attached hydrogens (primary N) is 1. The number of sulfonamides is 1. The molecule has 7 nitrogen and oxygen atoms in total. The van der Waals surface area contributed by atoms with Crippen LogP contribution >= 0.6 is 0 Å². The summed E-state index contributed by atoms with van der Waals surface area (Å²) in [5.41, 5.74) is 4.43. The van der Waals surface area contributed by atoms with Crippen molar-refractivity contribution < 1.29 is 17.7 Å². The topological polar surface area (TPSA) is 115 Å². The number of halogens is 1. The van der Waals surface area contributed by atoms with E-state index in [1.165, 1.54) is 6.92 Å². The van der Waals surface area contributed by atoms with Crippen molar-refractivity contribution >= 4 is 15.7 Å². The Bertz CT molecular complexity index is 561. The lowest BCUT2D eigenvalue weighted by atomic mass is 10.3. The van der Waals surface area contributed by atoms with Crippen molar-refractivity contribution in [2.24, 2.45) is 5.73 Å². The Balaban J connectivity index is 3.36. The average molecular weight is 277 g/mol. The third-order valence-corrected chi connectivity index (χ3v) is 3.78. The smallest absolute Gasteiger partial charge is 0.292 e. The van der Waals surface area contributed by atoms with Crippen LogP contribution in [0.3, 0.4) is 0 Å². The first-order chi connectivity index (χ1) is 8.29. The average Bonchev–Trinajstić information content (AvgIpc) is 2.27. The van der Waals surface area contributed by atoms with Crippen molar-refractivity contribution in [3.8, 4) is 0 Å². The first kappa shape index (κ1) is 14.5. The van der Waals surface area contributed by atoms with Gasteiger partial charge in [0.15, 0.2) is 4.90 Å². The van der Waals surface area contributed by atoms with Crippen LogP contribution in [0.2, 0.25) is 0 Å². The van der Waals surface area contributed by atoms with Crippen molar-refractivity contribution in [3.05, 3.63) is 34.1 Å². The highest BCUT2D eigenvalue weighted by Gasteiger charge is 2.30. The molecule has 0 radical (unpaired) electrons. The van der Waals surface area contributed by atoms with Crippen LogP contribution in [-0.2, 0) is 10.0 Å². The van der Waals surface area contributed by atoms with Gasteiger partial charge in [0.2, 0.25) is 0 Å². The monoisotopic (exact) mass is 277 g/mol. The second-order valence-corrected chi connectivity index (χ2v) is 5.25. The van der Waals surface area contributed by atoms with E-state index in [0.717, 1.165) is 18.2 Å². The largest absolute Gasteiger partial charge is 0.329 e. The Morgan fingerprint density at radius 1 is 1.56 bits per heavy atom. The molecule has 0 heterocycles. The van der Waals surface area contributed by atoms with E-state index in [2.05, 4.69) is 4.72 Å². The Kier molecular flexibility index (Phi) is 4.33. The predicted molar refractivity (Wildman–Crippen MR) is 61.9 cm³/mol. The summed E-state index contributed by atoms with van der Waals surface area (Å²) in [6, 6.07) is 2.17. The zero-order valence-electron chi connectivity index (χ0n) is 9.46. The molecule has 0 amide bonds. The molecule has 0 spiro atoms. The van der Waals surface area contributed by atoms with Crippen molar-refractivity contribution in [2.45, 2.75) is 17.9 Å². The van der Waals surface area contributed by atoms with Gasteiger partial charge in [-0.15, -0.1) is 0 Å². The molecule has 0 aliphatic carbocycles. The highest BCUT2D eigenvalue weighted by atomic mass is 32.2. The molecule has 0 saturated heterocycles. The van der Waals surface area contributed by atoms with Gasteiger partial charge in [-0.3, -0.25) is 10.1 Å². The molecule has 1 aromatic carbocycles. The summed E-state index contributed by atoms with van der Waals surface area (Å²) in [5, 5.41) is 10.7. The lowest BCUT2D eigenvalue weighted by molar-refractivity contribution is -0.388. The molecule has 0 bridgehead atoms. The molecule has 0 aromatic heterocycles. The van der Waals surface area contributed by atoms with Crippen LogP contribution in [0.4, 0.5) is 10.1 Å². The van der Waals surface area contributed by atoms with Gasteiger partial charge in [0.1, 0.15) is 5.82 Å². The number of nitro groups is 1. The quantitative estimate of drug-likeness (QED) is 0.595. The van der Waals surface area contributed by atoms with E-state index in [-0.39, 0.29) is 6.54 Å². The lowest BCUT2D eigenvalue weighted by Crippen LogP contribution is -2.38. The van der Waals surface area contributed by atoms with E-state index in [9.17, 15) is 22.9 Å². The van der Waals surface area contributed by atoms with Gasteiger partial charge in [0.05, 0.1) is 4.92 Å².